The van der Waals surface area contributed by atoms with Crippen LogP contribution in [0.15, 0.2) is 24.3 Å². The summed E-state index contributed by atoms with van der Waals surface area (Å²) < 4.78 is 5.30. The number of aliphatic carboxylic acids is 1. The Morgan fingerprint density at radius 3 is 3.00 bits per heavy atom. The molecule has 1 aromatic carbocycles. The number of hydrogen-bond acceptors (Lipinski definition) is 5. The second kappa shape index (κ2) is 7.05. The van der Waals surface area contributed by atoms with Crippen LogP contribution in [0.2, 0.25) is 5.15 Å². The first kappa shape index (κ1) is 16.5. The summed E-state index contributed by atoms with van der Waals surface area (Å²) in [4.78, 5) is 20.9. The van der Waals surface area contributed by atoms with Crippen molar-refractivity contribution >= 4 is 29.1 Å². The van der Waals surface area contributed by atoms with E-state index < -0.39 is 5.97 Å². The topological polar surface area (TPSA) is 75.6 Å². The molecule has 0 unspecified atom stereocenters. The number of anilines is 2. The second-order valence-corrected chi connectivity index (χ2v) is 6.04. The van der Waals surface area contributed by atoms with E-state index in [0.29, 0.717) is 5.82 Å². The maximum Gasteiger partial charge on any atom is 0.319 e. The van der Waals surface area contributed by atoms with E-state index >= 15 is 0 Å². The van der Waals surface area contributed by atoms with Gasteiger partial charge in [0.15, 0.2) is 0 Å². The summed E-state index contributed by atoms with van der Waals surface area (Å²) in [5.74, 6) is -0.324. The van der Waals surface area contributed by atoms with E-state index in [1.165, 1.54) is 11.1 Å². The Morgan fingerprint density at radius 1 is 1.38 bits per heavy atom. The molecule has 1 N–H and O–H groups in total. The standard InChI is InChI=1S/C17H18ClN3O3/c1-21(13-7-3-5-11-4-2-6-12(11)13)15-10-14(18)19-17(20-15)24-9-8-16(22)23/h3,5,7,10H,2,4,6,8-9H2,1H3,(H,22,23). The highest BCUT2D eigenvalue weighted by molar-refractivity contribution is 6.29. The van der Waals surface area contributed by atoms with Gasteiger partial charge in [-0.3, -0.25) is 4.79 Å². The minimum absolute atomic E-state index is 0.000432. The zero-order valence-electron chi connectivity index (χ0n) is 13.3. The number of rotatable bonds is 6. The van der Waals surface area contributed by atoms with Crippen molar-refractivity contribution in [1.82, 2.24) is 9.97 Å². The maximum absolute atomic E-state index is 10.6. The molecule has 0 spiro atoms. The number of carboxylic acid groups (broad SMARTS) is 1. The van der Waals surface area contributed by atoms with Crippen LogP contribution < -0.4 is 9.64 Å². The van der Waals surface area contributed by atoms with Gasteiger partial charge in [0.2, 0.25) is 0 Å². The van der Waals surface area contributed by atoms with E-state index in [2.05, 4.69) is 22.1 Å². The van der Waals surface area contributed by atoms with Crippen molar-refractivity contribution in [2.24, 2.45) is 0 Å². The van der Waals surface area contributed by atoms with Crippen molar-refractivity contribution in [2.75, 3.05) is 18.6 Å². The predicted octanol–water partition coefficient (Wildman–Crippen LogP) is 3.24. The molecule has 7 heteroatoms. The predicted molar refractivity (Wildman–Crippen MR) is 91.3 cm³/mol. The highest BCUT2D eigenvalue weighted by Gasteiger charge is 2.19. The number of carboxylic acids is 1. The molecule has 1 heterocycles. The van der Waals surface area contributed by atoms with Crippen molar-refractivity contribution < 1.29 is 14.6 Å². The molecule has 3 rings (SSSR count). The summed E-state index contributed by atoms with van der Waals surface area (Å²) >= 11 is 6.07. The van der Waals surface area contributed by atoms with Crippen LogP contribution in [0.25, 0.3) is 0 Å². The number of hydrogen-bond donors (Lipinski definition) is 1. The van der Waals surface area contributed by atoms with Crippen LogP contribution in [0.3, 0.4) is 0 Å². The van der Waals surface area contributed by atoms with E-state index in [0.717, 1.165) is 24.9 Å². The molecular weight excluding hydrogens is 330 g/mol. The highest BCUT2D eigenvalue weighted by atomic mass is 35.5. The lowest BCUT2D eigenvalue weighted by Crippen LogP contribution is -2.15. The number of fused-ring (bicyclic) bond motifs is 1. The zero-order valence-corrected chi connectivity index (χ0v) is 14.1. The lowest BCUT2D eigenvalue weighted by atomic mass is 10.1. The van der Waals surface area contributed by atoms with E-state index in [-0.39, 0.29) is 24.2 Å². The molecule has 0 fully saturated rings. The van der Waals surface area contributed by atoms with Crippen LogP contribution in [0, 0.1) is 0 Å². The molecule has 0 amide bonds. The second-order valence-electron chi connectivity index (χ2n) is 5.65. The third-order valence-corrected chi connectivity index (χ3v) is 4.23. The van der Waals surface area contributed by atoms with Gasteiger partial charge >= 0.3 is 12.0 Å². The minimum atomic E-state index is -0.936. The quantitative estimate of drug-likeness (QED) is 0.808. The van der Waals surface area contributed by atoms with Crippen LogP contribution in [-0.4, -0.2) is 34.7 Å². The fourth-order valence-corrected chi connectivity index (χ4v) is 3.06. The third-order valence-electron chi connectivity index (χ3n) is 4.03. The van der Waals surface area contributed by atoms with Gasteiger partial charge in [-0.1, -0.05) is 23.7 Å². The summed E-state index contributed by atoms with van der Waals surface area (Å²) in [7, 11) is 1.92. The molecule has 126 valence electrons. The molecule has 0 radical (unpaired) electrons. The van der Waals surface area contributed by atoms with Crippen LogP contribution in [0.1, 0.15) is 24.0 Å². The Labute approximate surface area is 145 Å². The van der Waals surface area contributed by atoms with Crippen molar-refractivity contribution in [3.63, 3.8) is 0 Å². The fourth-order valence-electron chi connectivity index (χ4n) is 2.89. The lowest BCUT2D eigenvalue weighted by Gasteiger charge is -2.22. The van der Waals surface area contributed by atoms with E-state index in [1.807, 2.05) is 18.0 Å². The zero-order chi connectivity index (χ0) is 17.1. The Hall–Kier alpha value is -2.34. The number of aromatic nitrogens is 2. The summed E-state index contributed by atoms with van der Waals surface area (Å²) in [6, 6.07) is 8.01. The van der Waals surface area contributed by atoms with Crippen molar-refractivity contribution in [1.29, 1.82) is 0 Å². The Bertz CT molecular complexity index is 767. The van der Waals surface area contributed by atoms with Gasteiger partial charge in [0.25, 0.3) is 0 Å². The van der Waals surface area contributed by atoms with Gasteiger partial charge in [-0.05, 0) is 36.5 Å². The molecule has 0 atom stereocenters. The van der Waals surface area contributed by atoms with Gasteiger partial charge in [-0.2, -0.15) is 9.97 Å². The highest BCUT2D eigenvalue weighted by Crippen LogP contribution is 2.34. The van der Waals surface area contributed by atoms with Gasteiger partial charge in [0, 0.05) is 18.8 Å². The first-order chi connectivity index (χ1) is 11.5. The van der Waals surface area contributed by atoms with Gasteiger partial charge in [0.1, 0.15) is 17.6 Å². The van der Waals surface area contributed by atoms with E-state index in [9.17, 15) is 4.79 Å². The minimum Gasteiger partial charge on any atom is -0.481 e. The first-order valence-corrected chi connectivity index (χ1v) is 8.16. The van der Waals surface area contributed by atoms with Crippen molar-refractivity contribution in [3.05, 3.63) is 40.5 Å². The monoisotopic (exact) mass is 347 g/mol. The van der Waals surface area contributed by atoms with Crippen molar-refractivity contribution in [2.45, 2.75) is 25.7 Å². The molecule has 1 aromatic heterocycles. The molecule has 0 bridgehead atoms. The van der Waals surface area contributed by atoms with E-state index in [1.54, 1.807) is 6.07 Å². The number of ether oxygens (including phenoxy) is 1. The number of halogens is 1. The van der Waals surface area contributed by atoms with Gasteiger partial charge < -0.3 is 14.7 Å². The van der Waals surface area contributed by atoms with Crippen LogP contribution in [0.4, 0.5) is 11.5 Å². The first-order valence-electron chi connectivity index (χ1n) is 7.78. The molecule has 0 aliphatic heterocycles. The molecule has 6 nitrogen and oxygen atoms in total. The van der Waals surface area contributed by atoms with Gasteiger partial charge in [0.05, 0.1) is 6.42 Å². The summed E-state index contributed by atoms with van der Waals surface area (Å²) in [6.07, 6.45) is 3.20. The molecule has 1 aliphatic rings. The number of benzene rings is 1. The Balaban J connectivity index is 1.85. The molecule has 0 saturated carbocycles. The van der Waals surface area contributed by atoms with Gasteiger partial charge in [-0.25, -0.2) is 0 Å². The summed E-state index contributed by atoms with van der Waals surface area (Å²) in [5.41, 5.74) is 3.80. The van der Waals surface area contributed by atoms with Crippen LogP contribution in [0.5, 0.6) is 6.01 Å². The smallest absolute Gasteiger partial charge is 0.319 e. The summed E-state index contributed by atoms with van der Waals surface area (Å²) in [5, 5.41) is 8.93. The molecule has 1 aliphatic carbocycles. The number of carbonyl (C=O) groups is 1. The average Bonchev–Trinajstić information content (AvgIpc) is 3.02. The van der Waals surface area contributed by atoms with Crippen LogP contribution >= 0.6 is 11.6 Å². The lowest BCUT2D eigenvalue weighted by molar-refractivity contribution is -0.137. The maximum atomic E-state index is 10.6. The van der Waals surface area contributed by atoms with E-state index in [4.69, 9.17) is 21.4 Å². The number of aryl methyl sites for hydroxylation is 1. The average molecular weight is 348 g/mol. The normalized spacial score (nSPS) is 12.8. The SMILES string of the molecule is CN(c1cc(Cl)nc(OCCC(=O)O)n1)c1cccc2c1CCC2. The third kappa shape index (κ3) is 3.59. The molecule has 2 aromatic rings. The largest absolute Gasteiger partial charge is 0.481 e. The molecule has 0 saturated heterocycles. The Morgan fingerprint density at radius 2 is 2.21 bits per heavy atom. The summed E-state index contributed by atoms with van der Waals surface area (Å²) in [6.45, 7) is -0.000432. The molecule has 24 heavy (non-hydrogen) atoms. The van der Waals surface area contributed by atoms with Crippen molar-refractivity contribution in [3.8, 4) is 6.01 Å². The number of nitrogens with zero attached hydrogens (tertiary/aromatic N) is 3. The molecular formula is C17H18ClN3O3. The van der Waals surface area contributed by atoms with Gasteiger partial charge in [-0.15, -0.1) is 0 Å². The fraction of sp³-hybridized carbons (Fsp3) is 0.353. The Kier molecular flexibility index (Phi) is 4.85. The van der Waals surface area contributed by atoms with Crippen LogP contribution in [-0.2, 0) is 17.6 Å².